The van der Waals surface area contributed by atoms with E-state index in [0.29, 0.717) is 18.2 Å². The van der Waals surface area contributed by atoms with Crippen LogP contribution in [0.4, 0.5) is 0 Å². The topological polar surface area (TPSA) is 128 Å². The first-order valence-corrected chi connectivity index (χ1v) is 3.76. The lowest BCUT2D eigenvalue weighted by Crippen LogP contribution is -2.07. The highest BCUT2D eigenvalue weighted by Crippen LogP contribution is 1.87. The lowest BCUT2D eigenvalue weighted by molar-refractivity contribution is 0.0202. The van der Waals surface area contributed by atoms with Crippen LogP contribution in [0.3, 0.4) is 0 Å². The summed E-state index contributed by atoms with van der Waals surface area (Å²) in [7, 11) is 0. The van der Waals surface area contributed by atoms with Crippen molar-refractivity contribution in [2.45, 2.75) is 0 Å². The monoisotopic (exact) mass is 228 g/mol. The van der Waals surface area contributed by atoms with Gasteiger partial charge >= 0.3 is 22.8 Å². The third kappa shape index (κ3) is 3.25. The fourth-order valence-electron chi connectivity index (χ4n) is 0.654. The maximum atomic E-state index is 10.9. The molecular weight excluding hydrogens is 224 g/mol. The fourth-order valence-corrected chi connectivity index (χ4v) is 0.654. The number of rotatable bonds is 1. The zero-order valence-corrected chi connectivity index (χ0v) is 7.54. The Labute approximate surface area is 85.6 Å². The molecule has 1 heterocycles. The van der Waals surface area contributed by atoms with Crippen molar-refractivity contribution in [3.8, 4) is 0 Å². The van der Waals surface area contributed by atoms with Crippen molar-refractivity contribution >= 4 is 5.97 Å². The van der Waals surface area contributed by atoms with Gasteiger partial charge in [0.05, 0.1) is 6.07 Å². The van der Waals surface area contributed by atoms with Crippen LogP contribution in [0.2, 0.25) is 0 Å². The number of aromatic carboxylic acids is 1. The van der Waals surface area contributed by atoms with Gasteiger partial charge in [-0.25, -0.2) is 28.3 Å². The standard InChI is InChI=1S/C8H4O8/c9-5-1-2-6(10)15-16-7(11)3-4(14-5)8(12)13/h1-3H,(H,12,13). The highest BCUT2D eigenvalue weighted by atomic mass is 17.0. The summed E-state index contributed by atoms with van der Waals surface area (Å²) in [5, 5.41) is 8.52. The molecule has 0 bridgehead atoms. The Morgan fingerprint density at radius 2 is 1.56 bits per heavy atom. The van der Waals surface area contributed by atoms with Crippen LogP contribution in [0.15, 0.2) is 46.2 Å². The normalized spacial score (nSPS) is 9.25. The van der Waals surface area contributed by atoms with Crippen molar-refractivity contribution in [2.75, 3.05) is 0 Å². The molecule has 1 N–H and O–H groups in total. The van der Waals surface area contributed by atoms with Crippen molar-refractivity contribution in [1.29, 1.82) is 0 Å². The van der Waals surface area contributed by atoms with E-state index in [1.165, 1.54) is 0 Å². The van der Waals surface area contributed by atoms with Gasteiger partial charge in [0.1, 0.15) is 0 Å². The van der Waals surface area contributed by atoms with Crippen molar-refractivity contribution in [3.05, 3.63) is 55.2 Å². The van der Waals surface area contributed by atoms with Crippen molar-refractivity contribution in [2.24, 2.45) is 0 Å². The van der Waals surface area contributed by atoms with Crippen LogP contribution < -0.4 is 16.9 Å². The minimum absolute atomic E-state index is 0.354. The molecule has 1 aromatic rings. The first-order valence-electron chi connectivity index (χ1n) is 3.76. The molecule has 0 aromatic carbocycles. The number of carboxylic acid groups (broad SMARTS) is 1. The molecule has 16 heavy (non-hydrogen) atoms. The second-order valence-electron chi connectivity index (χ2n) is 2.37. The molecule has 0 amide bonds. The van der Waals surface area contributed by atoms with E-state index in [0.717, 1.165) is 0 Å². The van der Waals surface area contributed by atoms with E-state index >= 15 is 0 Å². The van der Waals surface area contributed by atoms with Crippen LogP contribution in [-0.2, 0) is 0 Å². The van der Waals surface area contributed by atoms with E-state index in [1.807, 2.05) is 0 Å². The summed E-state index contributed by atoms with van der Waals surface area (Å²) in [5.74, 6) is -2.59. The molecule has 0 aliphatic carbocycles. The fraction of sp³-hybridized carbons (Fsp3) is 0. The zero-order chi connectivity index (χ0) is 12.1. The summed E-state index contributed by atoms with van der Waals surface area (Å²) in [6.07, 6.45) is 0. The van der Waals surface area contributed by atoms with Gasteiger partial charge in [-0.3, -0.25) is 0 Å². The molecule has 0 spiro atoms. The number of carboxylic acids is 1. The number of hydrogen-bond acceptors (Lipinski definition) is 7. The third-order valence-electron chi connectivity index (χ3n) is 1.23. The molecule has 1 aromatic heterocycles. The number of carbonyl (C=O) groups is 1. The second-order valence-corrected chi connectivity index (χ2v) is 2.37. The highest BCUT2D eigenvalue weighted by molar-refractivity contribution is 5.83. The predicted molar refractivity (Wildman–Crippen MR) is 46.6 cm³/mol. The number of hydrogen-bond donors (Lipinski definition) is 1. The van der Waals surface area contributed by atoms with E-state index in [-0.39, 0.29) is 0 Å². The van der Waals surface area contributed by atoms with Crippen LogP contribution in [-0.4, -0.2) is 11.1 Å². The summed E-state index contributed by atoms with van der Waals surface area (Å²) in [5.41, 5.74) is -3.55. The molecule has 0 radical (unpaired) electrons. The minimum atomic E-state index is -1.65. The van der Waals surface area contributed by atoms with Gasteiger partial charge in [-0.2, -0.15) is 0 Å². The average molecular weight is 228 g/mol. The molecule has 0 saturated heterocycles. The SMILES string of the molecule is O=C(O)c1cc(=O)ooc(=O)ccc(=O)o1. The quantitative estimate of drug-likeness (QED) is 0.629. The maximum absolute atomic E-state index is 10.9. The molecule has 1 rings (SSSR count). The van der Waals surface area contributed by atoms with Crippen LogP contribution in [0.1, 0.15) is 10.6 Å². The van der Waals surface area contributed by atoms with Gasteiger partial charge < -0.3 is 9.52 Å². The van der Waals surface area contributed by atoms with E-state index in [1.54, 1.807) is 0 Å². The molecule has 0 aliphatic heterocycles. The van der Waals surface area contributed by atoms with Gasteiger partial charge in [0.15, 0.2) is 0 Å². The average Bonchev–Trinajstić information content (AvgIpc) is 2.21. The summed E-state index contributed by atoms with van der Waals surface area (Å²) >= 11 is 0. The molecule has 0 atom stereocenters. The molecule has 0 saturated carbocycles. The second kappa shape index (κ2) is 4.73. The van der Waals surface area contributed by atoms with E-state index in [4.69, 9.17) is 5.11 Å². The van der Waals surface area contributed by atoms with E-state index in [9.17, 15) is 19.2 Å². The van der Waals surface area contributed by atoms with Crippen molar-refractivity contribution in [1.82, 2.24) is 0 Å². The maximum Gasteiger partial charge on any atom is 0.383 e. The Kier molecular flexibility index (Phi) is 3.38. The summed E-state index contributed by atoms with van der Waals surface area (Å²) < 4.78 is 12.0. The molecule has 0 aliphatic rings. The summed E-state index contributed by atoms with van der Waals surface area (Å²) in [6, 6.07) is 1.59. The minimum Gasteiger partial charge on any atom is -0.475 e. The zero-order valence-electron chi connectivity index (χ0n) is 7.54. The predicted octanol–water partition coefficient (Wildman–Crippen LogP) is -0.631. The lowest BCUT2D eigenvalue weighted by atomic mass is 10.5. The molecule has 8 heteroatoms. The van der Waals surface area contributed by atoms with Crippen LogP contribution >= 0.6 is 0 Å². The van der Waals surface area contributed by atoms with Gasteiger partial charge in [-0.15, -0.1) is 0 Å². The molecule has 8 nitrogen and oxygen atoms in total. The Morgan fingerprint density at radius 1 is 1.00 bits per heavy atom. The van der Waals surface area contributed by atoms with Gasteiger partial charge in [-0.05, 0) is 0 Å². The largest absolute Gasteiger partial charge is 0.475 e. The Balaban J connectivity index is 3.73. The van der Waals surface area contributed by atoms with Gasteiger partial charge in [-0.1, -0.05) is 0 Å². The Hall–Kier alpha value is -2.64. The lowest BCUT2D eigenvalue weighted by Gasteiger charge is -1.84. The van der Waals surface area contributed by atoms with Gasteiger partial charge in [0.2, 0.25) is 5.76 Å². The molecule has 0 fully saturated rings. The molecule has 84 valence electrons. The van der Waals surface area contributed by atoms with Gasteiger partial charge in [0.25, 0.3) is 0 Å². The van der Waals surface area contributed by atoms with Crippen LogP contribution in [0, 0.1) is 0 Å². The van der Waals surface area contributed by atoms with Crippen molar-refractivity contribution in [3.63, 3.8) is 0 Å². The first kappa shape index (κ1) is 11.4. The molecule has 0 unspecified atom stereocenters. The van der Waals surface area contributed by atoms with Crippen LogP contribution in [0.25, 0.3) is 0 Å². The Bertz CT molecular complexity index is 570. The Morgan fingerprint density at radius 3 is 2.19 bits per heavy atom. The smallest absolute Gasteiger partial charge is 0.383 e. The third-order valence-corrected chi connectivity index (χ3v) is 1.23. The first-order chi connectivity index (χ1) is 7.49. The van der Waals surface area contributed by atoms with E-state index in [2.05, 4.69) is 13.6 Å². The van der Waals surface area contributed by atoms with Crippen LogP contribution in [0.5, 0.6) is 0 Å². The summed E-state index contributed by atoms with van der Waals surface area (Å²) in [6.45, 7) is 0. The molecular formula is C8H4O8. The summed E-state index contributed by atoms with van der Waals surface area (Å²) in [4.78, 5) is 42.9. The van der Waals surface area contributed by atoms with Gasteiger partial charge in [0, 0.05) is 12.1 Å². The van der Waals surface area contributed by atoms with Crippen molar-refractivity contribution < 1.29 is 23.5 Å². The van der Waals surface area contributed by atoms with E-state index < -0.39 is 28.6 Å². The highest BCUT2D eigenvalue weighted by Gasteiger charge is 2.05.